The zero-order valence-electron chi connectivity index (χ0n) is 30.8. The van der Waals surface area contributed by atoms with Gasteiger partial charge in [-0.15, -0.1) is 6.58 Å². The van der Waals surface area contributed by atoms with Gasteiger partial charge in [-0.3, -0.25) is 0 Å². The van der Waals surface area contributed by atoms with Crippen LogP contribution in [-0.4, -0.2) is 0 Å². The van der Waals surface area contributed by atoms with E-state index in [1.54, 1.807) is 0 Å². The third-order valence-electron chi connectivity index (χ3n) is 10.0. The van der Waals surface area contributed by atoms with Crippen LogP contribution in [0, 0.1) is 0 Å². The van der Waals surface area contributed by atoms with Crippen LogP contribution in [0.5, 0.6) is 0 Å². The molecule has 0 bridgehead atoms. The second-order valence-corrected chi connectivity index (χ2v) is 15.1. The zero-order chi connectivity index (χ0) is 35.8. The number of hydrogen-bond donors (Lipinski definition) is 0. The van der Waals surface area contributed by atoms with E-state index >= 15 is 0 Å². The van der Waals surface area contributed by atoms with Gasteiger partial charge >= 0.3 is 0 Å². The van der Waals surface area contributed by atoms with E-state index < -0.39 is 0 Å². The van der Waals surface area contributed by atoms with Crippen molar-refractivity contribution in [1.29, 1.82) is 0 Å². The molecular formula is C51H50. The summed E-state index contributed by atoms with van der Waals surface area (Å²) in [6.45, 7) is 15.5. The number of hydrogen-bond acceptors (Lipinski definition) is 0. The van der Waals surface area contributed by atoms with Crippen LogP contribution in [-0.2, 0) is 17.3 Å². The third kappa shape index (κ3) is 8.47. The summed E-state index contributed by atoms with van der Waals surface area (Å²) >= 11 is 0. The fourth-order valence-electron chi connectivity index (χ4n) is 6.71. The fourth-order valence-corrected chi connectivity index (χ4v) is 6.71. The largest absolute Gasteiger partial charge is 0.102 e. The maximum atomic E-state index is 4.04. The van der Waals surface area contributed by atoms with Crippen LogP contribution in [0.1, 0.15) is 68.4 Å². The quantitative estimate of drug-likeness (QED) is 0.161. The monoisotopic (exact) mass is 662 g/mol. The molecule has 0 heteroatoms. The molecule has 0 saturated heterocycles. The van der Waals surface area contributed by atoms with E-state index in [9.17, 15) is 0 Å². The molecule has 0 radical (unpaired) electrons. The number of allylic oxidation sites excluding steroid dienone is 5. The van der Waals surface area contributed by atoms with Gasteiger partial charge in [0.25, 0.3) is 0 Å². The summed E-state index contributed by atoms with van der Waals surface area (Å²) in [5.41, 5.74) is 15.3. The first-order valence-corrected chi connectivity index (χ1v) is 18.1. The molecule has 0 atom stereocenters. The van der Waals surface area contributed by atoms with Crippen LogP contribution in [0.3, 0.4) is 0 Å². The van der Waals surface area contributed by atoms with Crippen molar-refractivity contribution in [2.75, 3.05) is 0 Å². The van der Waals surface area contributed by atoms with E-state index in [4.69, 9.17) is 0 Å². The summed E-state index contributed by atoms with van der Waals surface area (Å²) in [5.74, 6) is 0.402. The minimum absolute atomic E-state index is 0.0147. The smallest absolute Gasteiger partial charge is 0.0208 e. The Morgan fingerprint density at radius 2 is 0.941 bits per heavy atom. The molecule has 2 aliphatic carbocycles. The van der Waals surface area contributed by atoms with E-state index in [0.29, 0.717) is 5.92 Å². The van der Waals surface area contributed by atoms with Gasteiger partial charge in [0.1, 0.15) is 0 Å². The Bertz CT molecular complexity index is 1940. The molecule has 0 unspecified atom stereocenters. The molecule has 2 aliphatic rings. The molecule has 0 heterocycles. The van der Waals surface area contributed by atoms with Gasteiger partial charge in [0.15, 0.2) is 0 Å². The molecule has 6 aromatic rings. The molecule has 0 aliphatic heterocycles. The Balaban J connectivity index is 0.000000153. The second kappa shape index (κ2) is 15.6. The van der Waals surface area contributed by atoms with Gasteiger partial charge in [-0.2, -0.15) is 0 Å². The predicted octanol–water partition coefficient (Wildman–Crippen LogP) is 13.9. The van der Waals surface area contributed by atoms with Crippen LogP contribution in [0.25, 0.3) is 33.4 Å². The van der Waals surface area contributed by atoms with Gasteiger partial charge in [-0.05, 0) is 79.1 Å². The normalized spacial score (nSPS) is 13.0. The molecule has 0 amide bonds. The van der Waals surface area contributed by atoms with Crippen LogP contribution in [0.15, 0.2) is 189 Å². The minimum Gasteiger partial charge on any atom is -0.102 e. The maximum Gasteiger partial charge on any atom is 0.0208 e. The summed E-state index contributed by atoms with van der Waals surface area (Å²) in [6, 6.07) is 53.5. The van der Waals surface area contributed by atoms with Gasteiger partial charge in [0.05, 0.1) is 0 Å². The zero-order valence-corrected chi connectivity index (χ0v) is 30.8. The van der Waals surface area contributed by atoms with Crippen molar-refractivity contribution in [3.05, 3.63) is 216 Å². The highest BCUT2D eigenvalue weighted by atomic mass is 14.3. The summed E-state index contributed by atoms with van der Waals surface area (Å²) in [7, 11) is 0. The molecular weight excluding hydrogens is 613 g/mol. The van der Waals surface area contributed by atoms with Gasteiger partial charge < -0.3 is 0 Å². The molecule has 51 heavy (non-hydrogen) atoms. The lowest BCUT2D eigenvalue weighted by molar-refractivity contribution is 0.589. The topological polar surface area (TPSA) is 0 Å². The Labute approximate surface area is 306 Å². The van der Waals surface area contributed by atoms with E-state index in [1.165, 1.54) is 61.2 Å². The van der Waals surface area contributed by atoms with Crippen LogP contribution in [0.2, 0.25) is 0 Å². The van der Waals surface area contributed by atoms with Crippen molar-refractivity contribution in [2.24, 2.45) is 0 Å². The van der Waals surface area contributed by atoms with Crippen molar-refractivity contribution < 1.29 is 0 Å². The lowest BCUT2D eigenvalue weighted by Crippen LogP contribution is -2.13. The van der Waals surface area contributed by atoms with Crippen molar-refractivity contribution in [1.82, 2.24) is 0 Å². The molecule has 0 nitrogen and oxygen atoms in total. The fraction of sp³-hybridized carbons (Fsp3) is 0.176. The predicted molar refractivity (Wildman–Crippen MR) is 221 cm³/mol. The molecule has 6 aromatic carbocycles. The van der Waals surface area contributed by atoms with E-state index in [0.717, 1.165) is 6.42 Å². The van der Waals surface area contributed by atoms with E-state index in [2.05, 4.69) is 199 Å². The number of benzene rings is 6. The lowest BCUT2D eigenvalue weighted by Gasteiger charge is -2.24. The molecule has 0 fully saturated rings. The Morgan fingerprint density at radius 1 is 0.510 bits per heavy atom. The first kappa shape index (κ1) is 35.4. The number of rotatable bonds is 5. The highest BCUT2D eigenvalue weighted by molar-refractivity contribution is 5.80. The van der Waals surface area contributed by atoms with Gasteiger partial charge in [-0.1, -0.05) is 211 Å². The first-order chi connectivity index (χ1) is 24.6. The van der Waals surface area contributed by atoms with Crippen molar-refractivity contribution in [3.8, 4) is 33.4 Å². The highest BCUT2D eigenvalue weighted by Crippen LogP contribution is 2.45. The maximum absolute atomic E-state index is 4.04. The summed E-state index contributed by atoms with van der Waals surface area (Å²) in [4.78, 5) is 0. The second-order valence-electron chi connectivity index (χ2n) is 15.1. The molecule has 8 rings (SSSR count). The highest BCUT2D eigenvalue weighted by Gasteiger charge is 2.28. The average Bonchev–Trinajstić information content (AvgIpc) is 3.85. The average molecular weight is 663 g/mol. The van der Waals surface area contributed by atoms with Gasteiger partial charge in [0, 0.05) is 11.3 Å². The third-order valence-corrected chi connectivity index (χ3v) is 10.0. The SMILES string of the molecule is C=CC(C)(C)c1ccc2c(c1)-c1cc(C(C)(C)C)cc(C3C=CC=C3)c1C2.c1ccc(-c2ccccc2)cc1.c1ccc(-c2ccccc2)cc1. The van der Waals surface area contributed by atoms with Crippen LogP contribution >= 0.6 is 0 Å². The molecule has 0 N–H and O–H groups in total. The first-order valence-electron chi connectivity index (χ1n) is 18.1. The molecule has 0 aromatic heterocycles. The Morgan fingerprint density at radius 3 is 1.35 bits per heavy atom. The summed E-state index contributed by atoms with van der Waals surface area (Å²) in [5, 5.41) is 0. The van der Waals surface area contributed by atoms with E-state index in [1.807, 2.05) is 24.3 Å². The van der Waals surface area contributed by atoms with Crippen molar-refractivity contribution >= 4 is 0 Å². The summed E-state index contributed by atoms with van der Waals surface area (Å²) in [6.07, 6.45) is 12.1. The minimum atomic E-state index is -0.0147. The van der Waals surface area contributed by atoms with Crippen LogP contribution < -0.4 is 0 Å². The van der Waals surface area contributed by atoms with Gasteiger partial charge in [-0.25, -0.2) is 0 Å². The Kier molecular flexibility index (Phi) is 10.8. The molecule has 0 saturated carbocycles. The van der Waals surface area contributed by atoms with Gasteiger partial charge in [0.2, 0.25) is 0 Å². The van der Waals surface area contributed by atoms with Crippen molar-refractivity contribution in [2.45, 2.75) is 57.8 Å². The lowest BCUT2D eigenvalue weighted by atomic mass is 9.80. The summed E-state index contributed by atoms with van der Waals surface area (Å²) < 4.78 is 0. The number of fused-ring (bicyclic) bond motifs is 3. The molecule has 254 valence electrons. The van der Waals surface area contributed by atoms with Crippen molar-refractivity contribution in [3.63, 3.8) is 0 Å². The Hall–Kier alpha value is -5.46. The standard InChI is InChI=1S/C27H30.2C12H10/c1-7-27(5,6)20-13-12-19-14-24-22(18-10-8-9-11-18)16-21(26(2,3)4)17-25(24)23(19)15-20;2*1-3-7-11(8-4-1)12-9-5-2-6-10-12/h7-13,15-18H,1,14H2,2-6H3;2*1-10H. The van der Waals surface area contributed by atoms with Crippen LogP contribution in [0.4, 0.5) is 0 Å². The van der Waals surface area contributed by atoms with E-state index in [-0.39, 0.29) is 10.8 Å². The molecule has 0 spiro atoms.